The molecule has 2 atom stereocenters. The largest absolute Gasteiger partial charge is 0.388 e. The zero-order valence-electron chi connectivity index (χ0n) is 14.8. The summed E-state index contributed by atoms with van der Waals surface area (Å²) in [5, 5.41) is 13.1. The van der Waals surface area contributed by atoms with Crippen LogP contribution in [0, 0.1) is 0 Å². The molecule has 2 N–H and O–H groups in total. The van der Waals surface area contributed by atoms with E-state index in [4.69, 9.17) is 0 Å². The first-order valence-corrected chi connectivity index (χ1v) is 8.24. The number of hydrogen-bond acceptors (Lipinski definition) is 3. The maximum absolute atomic E-state index is 12.4. The maximum Gasteiger partial charge on any atom is 0.253 e. The van der Waals surface area contributed by atoms with Crippen molar-refractivity contribution < 1.29 is 14.7 Å². The van der Waals surface area contributed by atoms with Gasteiger partial charge in [-0.1, -0.05) is 36.4 Å². The van der Waals surface area contributed by atoms with E-state index in [1.165, 1.54) is 4.90 Å². The van der Waals surface area contributed by atoms with Gasteiger partial charge < -0.3 is 15.3 Å². The van der Waals surface area contributed by atoms with Crippen molar-refractivity contribution in [2.24, 2.45) is 0 Å². The molecule has 0 heterocycles. The van der Waals surface area contributed by atoms with Gasteiger partial charge in [-0.2, -0.15) is 0 Å². The first-order chi connectivity index (χ1) is 11.9. The third kappa shape index (κ3) is 5.16. The highest BCUT2D eigenvalue weighted by Gasteiger charge is 2.16. The van der Waals surface area contributed by atoms with Crippen LogP contribution in [0.1, 0.15) is 45.7 Å². The van der Waals surface area contributed by atoms with Crippen LogP contribution >= 0.6 is 0 Å². The van der Waals surface area contributed by atoms with Gasteiger partial charge in [0.05, 0.1) is 6.10 Å². The summed E-state index contributed by atoms with van der Waals surface area (Å²) in [6.45, 7) is 1.85. The topological polar surface area (TPSA) is 69.6 Å². The molecule has 0 radical (unpaired) electrons. The molecule has 5 heteroatoms. The van der Waals surface area contributed by atoms with E-state index >= 15 is 0 Å². The third-order valence-corrected chi connectivity index (χ3v) is 3.92. The van der Waals surface area contributed by atoms with Crippen LogP contribution in [-0.4, -0.2) is 42.0 Å². The molecule has 2 rings (SSSR count). The van der Waals surface area contributed by atoms with Crippen LogP contribution in [0.25, 0.3) is 0 Å². The monoisotopic (exact) mass is 340 g/mol. The second-order valence-electron chi connectivity index (χ2n) is 6.32. The normalized spacial score (nSPS) is 13.0. The number of nitrogens with one attached hydrogen (secondary N) is 1. The SMILES string of the molecule is CC(CC(O)c1ccccc1)NC(=O)c1cccc(C(=O)N(C)C)c1. The number of nitrogens with zero attached hydrogens (tertiary/aromatic N) is 1. The van der Waals surface area contributed by atoms with Crippen LogP contribution in [0.5, 0.6) is 0 Å². The number of rotatable bonds is 6. The molecule has 132 valence electrons. The first kappa shape index (κ1) is 18.7. The molecular weight excluding hydrogens is 316 g/mol. The molecule has 2 amide bonds. The fraction of sp³-hybridized carbons (Fsp3) is 0.300. The molecule has 0 saturated carbocycles. The van der Waals surface area contributed by atoms with E-state index in [2.05, 4.69) is 5.32 Å². The van der Waals surface area contributed by atoms with Crippen LogP contribution in [-0.2, 0) is 0 Å². The fourth-order valence-electron chi connectivity index (χ4n) is 2.56. The Labute approximate surface area is 148 Å². The summed E-state index contributed by atoms with van der Waals surface area (Å²) in [4.78, 5) is 25.9. The van der Waals surface area contributed by atoms with E-state index in [1.54, 1.807) is 38.4 Å². The smallest absolute Gasteiger partial charge is 0.253 e. The Morgan fingerprint density at radius 1 is 1.04 bits per heavy atom. The van der Waals surface area contributed by atoms with Crippen molar-refractivity contribution in [3.63, 3.8) is 0 Å². The van der Waals surface area contributed by atoms with Gasteiger partial charge in [0.25, 0.3) is 11.8 Å². The lowest BCUT2D eigenvalue weighted by atomic mass is 10.0. The molecule has 5 nitrogen and oxygen atoms in total. The summed E-state index contributed by atoms with van der Waals surface area (Å²) in [5.41, 5.74) is 1.71. The number of aliphatic hydroxyl groups excluding tert-OH is 1. The van der Waals surface area contributed by atoms with Crippen LogP contribution < -0.4 is 5.32 Å². The van der Waals surface area contributed by atoms with Gasteiger partial charge in [0, 0.05) is 31.3 Å². The van der Waals surface area contributed by atoms with E-state index in [1.807, 2.05) is 37.3 Å². The van der Waals surface area contributed by atoms with Crippen LogP contribution in [0.2, 0.25) is 0 Å². The van der Waals surface area contributed by atoms with Crippen molar-refractivity contribution >= 4 is 11.8 Å². The van der Waals surface area contributed by atoms with Gasteiger partial charge in [0.15, 0.2) is 0 Å². The molecule has 2 aromatic carbocycles. The number of carbonyl (C=O) groups excluding carboxylic acids is 2. The van der Waals surface area contributed by atoms with Crippen molar-refractivity contribution in [2.45, 2.75) is 25.5 Å². The molecule has 25 heavy (non-hydrogen) atoms. The molecule has 2 unspecified atom stereocenters. The summed E-state index contributed by atoms with van der Waals surface area (Å²) < 4.78 is 0. The molecular formula is C20H24N2O3. The van der Waals surface area contributed by atoms with Gasteiger partial charge in [-0.25, -0.2) is 0 Å². The van der Waals surface area contributed by atoms with Crippen LogP contribution in [0.3, 0.4) is 0 Å². The summed E-state index contributed by atoms with van der Waals surface area (Å²) in [6.07, 6.45) is -0.232. The van der Waals surface area contributed by atoms with E-state index < -0.39 is 6.10 Å². The highest BCUT2D eigenvalue weighted by Crippen LogP contribution is 2.18. The average molecular weight is 340 g/mol. The molecule has 0 fully saturated rings. The third-order valence-electron chi connectivity index (χ3n) is 3.92. The maximum atomic E-state index is 12.4. The zero-order chi connectivity index (χ0) is 18.4. The van der Waals surface area contributed by atoms with Gasteiger partial charge in [-0.15, -0.1) is 0 Å². The molecule has 2 aromatic rings. The Bertz CT molecular complexity index is 729. The van der Waals surface area contributed by atoms with Gasteiger partial charge in [-0.3, -0.25) is 9.59 Å². The van der Waals surface area contributed by atoms with Crippen LogP contribution in [0.15, 0.2) is 54.6 Å². The molecule has 0 spiro atoms. The highest BCUT2D eigenvalue weighted by atomic mass is 16.3. The minimum absolute atomic E-state index is 0.151. The van der Waals surface area contributed by atoms with Gasteiger partial charge in [0.1, 0.15) is 0 Å². The quantitative estimate of drug-likeness (QED) is 0.849. The second-order valence-corrected chi connectivity index (χ2v) is 6.32. The summed E-state index contributed by atoms with van der Waals surface area (Å²) in [7, 11) is 3.34. The lowest BCUT2D eigenvalue weighted by Gasteiger charge is -2.18. The number of hydrogen-bond donors (Lipinski definition) is 2. The second kappa shape index (κ2) is 8.44. The van der Waals surface area contributed by atoms with Crippen molar-refractivity contribution in [1.29, 1.82) is 0 Å². The lowest BCUT2D eigenvalue weighted by Crippen LogP contribution is -2.34. The minimum atomic E-state index is -0.641. The summed E-state index contributed by atoms with van der Waals surface area (Å²) >= 11 is 0. The predicted octanol–water partition coefficient (Wildman–Crippen LogP) is 2.63. The van der Waals surface area contributed by atoms with Crippen molar-refractivity contribution in [1.82, 2.24) is 10.2 Å². The Morgan fingerprint density at radius 3 is 2.32 bits per heavy atom. The van der Waals surface area contributed by atoms with Crippen molar-refractivity contribution in [3.05, 3.63) is 71.3 Å². The Hall–Kier alpha value is -2.66. The average Bonchev–Trinajstić information content (AvgIpc) is 2.61. The highest BCUT2D eigenvalue weighted by molar-refractivity contribution is 5.99. The number of aliphatic hydroxyl groups is 1. The first-order valence-electron chi connectivity index (χ1n) is 8.24. The van der Waals surface area contributed by atoms with Gasteiger partial charge in [0.2, 0.25) is 0 Å². The molecule has 0 aliphatic rings. The van der Waals surface area contributed by atoms with Crippen molar-refractivity contribution in [3.8, 4) is 0 Å². The Balaban J connectivity index is 1.99. The van der Waals surface area contributed by atoms with E-state index in [0.717, 1.165) is 5.56 Å². The zero-order valence-corrected chi connectivity index (χ0v) is 14.8. The lowest BCUT2D eigenvalue weighted by molar-refractivity contribution is 0.0827. The van der Waals surface area contributed by atoms with E-state index in [-0.39, 0.29) is 17.9 Å². The molecule has 0 bridgehead atoms. The minimum Gasteiger partial charge on any atom is -0.388 e. The van der Waals surface area contributed by atoms with E-state index in [9.17, 15) is 14.7 Å². The van der Waals surface area contributed by atoms with Gasteiger partial charge >= 0.3 is 0 Å². The van der Waals surface area contributed by atoms with Gasteiger partial charge in [-0.05, 0) is 37.1 Å². The Morgan fingerprint density at radius 2 is 1.68 bits per heavy atom. The summed E-state index contributed by atoms with van der Waals surface area (Å²) in [5.74, 6) is -0.414. The number of benzene rings is 2. The molecule has 0 saturated heterocycles. The molecule has 0 aromatic heterocycles. The standard InChI is InChI=1S/C20H24N2O3/c1-14(12-18(23)15-8-5-4-6-9-15)21-19(24)16-10-7-11-17(13-16)20(25)22(2)3/h4-11,13-14,18,23H,12H2,1-3H3,(H,21,24). The van der Waals surface area contributed by atoms with E-state index in [0.29, 0.717) is 17.5 Å². The molecule has 0 aliphatic heterocycles. The number of carbonyl (C=O) groups is 2. The Kier molecular flexibility index (Phi) is 6.31. The van der Waals surface area contributed by atoms with Crippen molar-refractivity contribution in [2.75, 3.05) is 14.1 Å². The number of amides is 2. The fourth-order valence-corrected chi connectivity index (χ4v) is 2.56. The predicted molar refractivity (Wildman–Crippen MR) is 97.4 cm³/mol. The summed E-state index contributed by atoms with van der Waals surface area (Å²) in [6, 6.07) is 15.8. The molecule has 0 aliphatic carbocycles. The van der Waals surface area contributed by atoms with Crippen LogP contribution in [0.4, 0.5) is 0 Å².